The fraction of sp³-hybridized carbons (Fsp3) is 0.240. The third-order valence-electron chi connectivity index (χ3n) is 5.47. The van der Waals surface area contributed by atoms with Gasteiger partial charge in [-0.15, -0.1) is 0 Å². The number of benzene rings is 3. The number of esters is 1. The molecule has 0 amide bonds. The Bertz CT molecular complexity index is 1150. The number of para-hydroxylation sites is 1. The highest BCUT2D eigenvalue weighted by atomic mass is 16.6. The maximum Gasteiger partial charge on any atom is 0.338 e. The van der Waals surface area contributed by atoms with Crippen molar-refractivity contribution in [3.05, 3.63) is 71.3 Å². The Hall–Kier alpha value is -4.07. The summed E-state index contributed by atoms with van der Waals surface area (Å²) in [5.41, 5.74) is 1.66. The Morgan fingerprint density at radius 3 is 2.24 bits per heavy atom. The Kier molecular flexibility index (Phi) is 6.17. The number of ether oxygens (including phenoxy) is 5. The summed E-state index contributed by atoms with van der Waals surface area (Å²) in [5, 5.41) is 19.7. The van der Waals surface area contributed by atoms with Gasteiger partial charge >= 0.3 is 5.97 Å². The molecule has 1 heterocycles. The van der Waals surface area contributed by atoms with E-state index in [9.17, 15) is 15.0 Å². The van der Waals surface area contributed by atoms with Gasteiger partial charge < -0.3 is 33.9 Å². The van der Waals surface area contributed by atoms with Crippen LogP contribution in [-0.2, 0) is 11.2 Å². The molecule has 1 aliphatic rings. The number of carbonyl (C=O) groups is 1. The molecule has 0 aromatic heterocycles. The first-order chi connectivity index (χ1) is 15.9. The molecule has 0 fully saturated rings. The van der Waals surface area contributed by atoms with Gasteiger partial charge in [0.25, 0.3) is 0 Å². The van der Waals surface area contributed by atoms with Crippen LogP contribution in [0.25, 0.3) is 0 Å². The van der Waals surface area contributed by atoms with Gasteiger partial charge in [0.1, 0.15) is 11.9 Å². The molecule has 3 aromatic rings. The molecule has 2 atom stereocenters. The van der Waals surface area contributed by atoms with Gasteiger partial charge in [0, 0.05) is 12.0 Å². The van der Waals surface area contributed by atoms with Crippen LogP contribution in [-0.4, -0.2) is 43.6 Å². The molecule has 2 unspecified atom stereocenters. The maximum atomic E-state index is 13.1. The van der Waals surface area contributed by atoms with E-state index >= 15 is 0 Å². The molecule has 8 heteroatoms. The normalized spacial score (nSPS) is 16.8. The van der Waals surface area contributed by atoms with E-state index in [1.807, 2.05) is 24.3 Å². The van der Waals surface area contributed by atoms with E-state index in [-0.39, 0.29) is 17.1 Å². The van der Waals surface area contributed by atoms with Gasteiger partial charge in [0.05, 0.1) is 26.9 Å². The molecule has 0 aliphatic carbocycles. The van der Waals surface area contributed by atoms with E-state index in [0.717, 1.165) is 5.56 Å². The zero-order valence-corrected chi connectivity index (χ0v) is 18.4. The van der Waals surface area contributed by atoms with Crippen molar-refractivity contribution in [1.82, 2.24) is 0 Å². The Balaban J connectivity index is 1.68. The molecular formula is C25H24O8. The summed E-state index contributed by atoms with van der Waals surface area (Å²) in [4.78, 5) is 13.1. The summed E-state index contributed by atoms with van der Waals surface area (Å²) < 4.78 is 28.0. The highest BCUT2D eigenvalue weighted by Crippen LogP contribution is 2.41. The highest BCUT2D eigenvalue weighted by molar-refractivity contribution is 5.91. The van der Waals surface area contributed by atoms with Crippen LogP contribution in [0.5, 0.6) is 34.5 Å². The summed E-state index contributed by atoms with van der Waals surface area (Å²) >= 11 is 0. The molecule has 4 rings (SSSR count). The second-order valence-electron chi connectivity index (χ2n) is 7.46. The minimum absolute atomic E-state index is 0.218. The van der Waals surface area contributed by atoms with Crippen LogP contribution in [0.1, 0.15) is 27.6 Å². The number of rotatable bonds is 6. The van der Waals surface area contributed by atoms with E-state index in [2.05, 4.69) is 0 Å². The van der Waals surface area contributed by atoms with Crippen molar-refractivity contribution in [3.8, 4) is 34.5 Å². The predicted octanol–water partition coefficient (Wildman–Crippen LogP) is 4.03. The number of hydrogen-bond donors (Lipinski definition) is 2. The van der Waals surface area contributed by atoms with Gasteiger partial charge in [-0.05, 0) is 35.9 Å². The highest BCUT2D eigenvalue weighted by Gasteiger charge is 2.35. The molecule has 3 aromatic carbocycles. The molecule has 2 N–H and O–H groups in total. The number of fused-ring (bicyclic) bond motifs is 1. The molecule has 1 aliphatic heterocycles. The van der Waals surface area contributed by atoms with Gasteiger partial charge in [-0.3, -0.25) is 0 Å². The molecule has 0 spiro atoms. The van der Waals surface area contributed by atoms with Crippen LogP contribution >= 0.6 is 0 Å². The smallest absolute Gasteiger partial charge is 0.338 e. The number of hydrogen-bond acceptors (Lipinski definition) is 8. The van der Waals surface area contributed by atoms with Crippen LogP contribution in [0.15, 0.2) is 54.6 Å². The van der Waals surface area contributed by atoms with Crippen molar-refractivity contribution in [2.45, 2.75) is 18.6 Å². The molecule has 0 bridgehead atoms. The van der Waals surface area contributed by atoms with Crippen molar-refractivity contribution < 1.29 is 38.7 Å². The van der Waals surface area contributed by atoms with E-state index in [1.54, 1.807) is 6.07 Å². The van der Waals surface area contributed by atoms with E-state index in [4.69, 9.17) is 23.7 Å². The Labute approximate surface area is 190 Å². The second-order valence-corrected chi connectivity index (χ2v) is 7.46. The fourth-order valence-corrected chi connectivity index (χ4v) is 3.83. The lowest BCUT2D eigenvalue weighted by Crippen LogP contribution is -2.34. The molecule has 0 saturated carbocycles. The van der Waals surface area contributed by atoms with Crippen molar-refractivity contribution in [2.24, 2.45) is 0 Å². The molecule has 0 radical (unpaired) electrons. The summed E-state index contributed by atoms with van der Waals surface area (Å²) in [6, 6.07) is 14.9. The zero-order valence-electron chi connectivity index (χ0n) is 18.4. The third kappa shape index (κ3) is 4.32. The van der Waals surface area contributed by atoms with Gasteiger partial charge in [-0.2, -0.15) is 0 Å². The van der Waals surface area contributed by atoms with Crippen molar-refractivity contribution >= 4 is 5.97 Å². The van der Waals surface area contributed by atoms with E-state index < -0.39 is 18.2 Å². The van der Waals surface area contributed by atoms with Gasteiger partial charge in [0.15, 0.2) is 29.1 Å². The maximum absolute atomic E-state index is 13.1. The topological polar surface area (TPSA) is 104 Å². The van der Waals surface area contributed by atoms with Crippen molar-refractivity contribution in [1.29, 1.82) is 0 Å². The summed E-state index contributed by atoms with van der Waals surface area (Å²) in [5.74, 6) is 0.544. The molecular weight excluding hydrogens is 428 g/mol. The lowest BCUT2D eigenvalue weighted by atomic mass is 9.94. The third-order valence-corrected chi connectivity index (χ3v) is 5.47. The first kappa shape index (κ1) is 22.1. The molecule has 172 valence electrons. The number of aromatic hydroxyl groups is 2. The predicted molar refractivity (Wildman–Crippen MR) is 119 cm³/mol. The quantitative estimate of drug-likeness (QED) is 0.427. The van der Waals surface area contributed by atoms with Crippen LogP contribution in [0, 0.1) is 0 Å². The summed E-state index contributed by atoms with van der Waals surface area (Å²) in [6.07, 6.45) is -0.994. The van der Waals surface area contributed by atoms with E-state index in [1.165, 1.54) is 45.6 Å². The lowest BCUT2D eigenvalue weighted by molar-refractivity contribution is -0.0183. The van der Waals surface area contributed by atoms with Crippen molar-refractivity contribution in [2.75, 3.05) is 21.3 Å². The zero-order chi connectivity index (χ0) is 23.5. The molecule has 8 nitrogen and oxygen atoms in total. The Morgan fingerprint density at radius 1 is 0.909 bits per heavy atom. The van der Waals surface area contributed by atoms with Gasteiger partial charge in [-0.25, -0.2) is 4.79 Å². The van der Waals surface area contributed by atoms with Crippen LogP contribution in [0.4, 0.5) is 0 Å². The van der Waals surface area contributed by atoms with Crippen molar-refractivity contribution in [3.63, 3.8) is 0 Å². The van der Waals surface area contributed by atoms with Crippen LogP contribution < -0.4 is 18.9 Å². The van der Waals surface area contributed by atoms with Gasteiger partial charge in [0.2, 0.25) is 5.75 Å². The van der Waals surface area contributed by atoms with Crippen LogP contribution in [0.3, 0.4) is 0 Å². The second kappa shape index (κ2) is 9.20. The Morgan fingerprint density at radius 2 is 1.61 bits per heavy atom. The monoisotopic (exact) mass is 452 g/mol. The average molecular weight is 452 g/mol. The lowest BCUT2D eigenvalue weighted by Gasteiger charge is -2.33. The fourth-order valence-electron chi connectivity index (χ4n) is 3.83. The first-order valence-electron chi connectivity index (χ1n) is 10.2. The largest absolute Gasteiger partial charge is 0.504 e. The van der Waals surface area contributed by atoms with Crippen LogP contribution in [0.2, 0.25) is 0 Å². The number of carbonyl (C=O) groups excluding carboxylic acids is 1. The number of phenolic OH excluding ortho intramolecular Hbond substituents is 2. The minimum Gasteiger partial charge on any atom is -0.504 e. The standard InChI is InChI=1S/C25H24O8/c1-29-20-12-16(13-21(30-2)24(20)31-3)25(28)33-22-11-14-6-4-5-7-19(14)32-23(22)15-8-9-17(26)18(27)10-15/h4-10,12-13,22-23,26-27H,11H2,1-3H3. The SMILES string of the molecule is COc1cc(C(=O)OC2Cc3ccccc3OC2c2ccc(O)c(O)c2)cc(OC)c1OC. The summed E-state index contributed by atoms with van der Waals surface area (Å²) in [6.45, 7) is 0. The summed E-state index contributed by atoms with van der Waals surface area (Å²) in [7, 11) is 4.41. The number of phenols is 2. The number of methoxy groups -OCH3 is 3. The minimum atomic E-state index is -0.699. The average Bonchev–Trinajstić information content (AvgIpc) is 2.84. The molecule has 0 saturated heterocycles. The molecule has 33 heavy (non-hydrogen) atoms. The van der Waals surface area contributed by atoms with Gasteiger partial charge in [-0.1, -0.05) is 24.3 Å². The van der Waals surface area contributed by atoms with E-state index in [0.29, 0.717) is 35.0 Å². The first-order valence-corrected chi connectivity index (χ1v) is 10.2.